The monoisotopic (exact) mass is 265 g/mol. The van der Waals surface area contributed by atoms with Gasteiger partial charge < -0.3 is 5.32 Å². The zero-order valence-electron chi connectivity index (χ0n) is 9.60. The van der Waals surface area contributed by atoms with E-state index < -0.39 is 0 Å². The zero-order chi connectivity index (χ0) is 12.5. The van der Waals surface area contributed by atoms with E-state index >= 15 is 0 Å². The molecule has 0 aromatic carbocycles. The Bertz CT molecular complexity index is 689. The van der Waals surface area contributed by atoms with E-state index in [4.69, 9.17) is 0 Å². The number of aromatic amines is 2. The Hall–Kier alpha value is -2.16. The summed E-state index contributed by atoms with van der Waals surface area (Å²) in [6, 6.07) is 0. The fraction of sp³-hybridized carbons (Fsp3) is 0.333. The molecule has 18 heavy (non-hydrogen) atoms. The van der Waals surface area contributed by atoms with Gasteiger partial charge in [-0.1, -0.05) is 11.3 Å². The molecule has 0 saturated carbocycles. The summed E-state index contributed by atoms with van der Waals surface area (Å²) in [6.45, 7) is 2.58. The molecule has 0 aliphatic carbocycles. The Balaban J connectivity index is 1.62. The smallest absolute Gasteiger partial charge is 0.340 e. The largest absolute Gasteiger partial charge is 0.360 e. The van der Waals surface area contributed by atoms with Crippen molar-refractivity contribution in [3.63, 3.8) is 0 Å². The first-order valence-corrected chi connectivity index (χ1v) is 6.22. The number of hydrogen-bond acceptors (Lipinski definition) is 6. The van der Waals surface area contributed by atoms with Crippen molar-refractivity contribution < 1.29 is 0 Å². The lowest BCUT2D eigenvalue weighted by atomic mass is 10.4. The molecule has 3 heterocycles. The number of hydrogen-bond donors (Lipinski definition) is 3. The maximum atomic E-state index is 10.8. The van der Waals surface area contributed by atoms with Gasteiger partial charge in [0.25, 0.3) is 0 Å². The van der Waals surface area contributed by atoms with E-state index in [1.807, 2.05) is 13.1 Å². The molecule has 0 aliphatic heterocycles. The molecule has 0 aliphatic rings. The van der Waals surface area contributed by atoms with Crippen LogP contribution in [0.1, 0.15) is 11.5 Å². The van der Waals surface area contributed by atoms with Gasteiger partial charge >= 0.3 is 5.69 Å². The van der Waals surface area contributed by atoms with E-state index in [0.29, 0.717) is 18.8 Å². The lowest BCUT2D eigenvalue weighted by Gasteiger charge is -1.98. The van der Waals surface area contributed by atoms with Crippen LogP contribution < -0.4 is 11.0 Å². The van der Waals surface area contributed by atoms with Crippen molar-refractivity contribution in [1.29, 1.82) is 0 Å². The van der Waals surface area contributed by atoms with Crippen LogP contribution in [-0.2, 0) is 6.42 Å². The molecule has 3 aromatic rings. The van der Waals surface area contributed by atoms with Gasteiger partial charge in [-0.25, -0.2) is 19.4 Å². The standard InChI is InChI=1S/C9H11N7OS/c1-5-4-16-9(11-5)18-8(15-16)10-3-2-6-12-7(17)14-13-6/h4H,2-3H2,1H3,(H,10,15)(H2,12,13,14,17). The molecule has 3 N–H and O–H groups in total. The number of aryl methyl sites for hydroxylation is 1. The van der Waals surface area contributed by atoms with Crippen LogP contribution >= 0.6 is 11.3 Å². The third-order valence-electron chi connectivity index (χ3n) is 2.35. The number of nitrogens with zero attached hydrogens (tertiary/aromatic N) is 4. The van der Waals surface area contributed by atoms with Crippen LogP contribution in [0.4, 0.5) is 5.13 Å². The minimum atomic E-state index is -0.284. The first kappa shape index (κ1) is 11.0. The average Bonchev–Trinajstić information content (AvgIpc) is 2.94. The molecular weight excluding hydrogens is 254 g/mol. The molecule has 0 amide bonds. The molecule has 0 atom stereocenters. The fourth-order valence-corrected chi connectivity index (χ4v) is 2.44. The summed E-state index contributed by atoms with van der Waals surface area (Å²) in [4.78, 5) is 18.6. The molecule has 0 fully saturated rings. The maximum absolute atomic E-state index is 10.8. The van der Waals surface area contributed by atoms with E-state index in [1.54, 1.807) is 4.52 Å². The lowest BCUT2D eigenvalue weighted by molar-refractivity contribution is 0.889. The first-order chi connectivity index (χ1) is 8.70. The van der Waals surface area contributed by atoms with Gasteiger partial charge in [-0.2, -0.15) is 5.10 Å². The van der Waals surface area contributed by atoms with Crippen molar-refractivity contribution >= 4 is 21.4 Å². The van der Waals surface area contributed by atoms with E-state index in [9.17, 15) is 4.79 Å². The van der Waals surface area contributed by atoms with Crippen LogP contribution in [0.25, 0.3) is 4.96 Å². The molecule has 0 spiro atoms. The van der Waals surface area contributed by atoms with Crippen LogP contribution in [0.15, 0.2) is 11.0 Å². The molecule has 94 valence electrons. The maximum Gasteiger partial charge on any atom is 0.340 e. The number of aromatic nitrogens is 6. The molecule has 0 saturated heterocycles. The Labute approximate surface area is 105 Å². The van der Waals surface area contributed by atoms with Gasteiger partial charge in [-0.05, 0) is 6.92 Å². The summed E-state index contributed by atoms with van der Waals surface area (Å²) in [6.07, 6.45) is 2.50. The normalized spacial score (nSPS) is 11.2. The Morgan fingerprint density at radius 3 is 3.17 bits per heavy atom. The average molecular weight is 265 g/mol. The molecular formula is C9H11N7OS. The Kier molecular flexibility index (Phi) is 2.59. The van der Waals surface area contributed by atoms with Crippen molar-refractivity contribution in [3.8, 4) is 0 Å². The summed E-state index contributed by atoms with van der Waals surface area (Å²) in [5, 5.41) is 14.4. The SMILES string of the molecule is Cc1cn2nc(NCCc3n[nH]c(=O)[nH]3)sc2n1. The first-order valence-electron chi connectivity index (χ1n) is 5.41. The third kappa shape index (κ3) is 2.12. The van der Waals surface area contributed by atoms with Crippen molar-refractivity contribution in [3.05, 3.63) is 28.2 Å². The molecule has 3 aromatic heterocycles. The van der Waals surface area contributed by atoms with Crippen LogP contribution in [0.2, 0.25) is 0 Å². The van der Waals surface area contributed by atoms with Crippen molar-refractivity contribution in [2.45, 2.75) is 13.3 Å². The van der Waals surface area contributed by atoms with Gasteiger partial charge in [0.1, 0.15) is 5.82 Å². The second kappa shape index (κ2) is 4.26. The molecule has 3 rings (SSSR count). The third-order valence-corrected chi connectivity index (χ3v) is 3.23. The van der Waals surface area contributed by atoms with E-state index in [0.717, 1.165) is 15.8 Å². The topological polar surface area (TPSA) is 104 Å². The minimum Gasteiger partial charge on any atom is -0.360 e. The second-order valence-electron chi connectivity index (χ2n) is 3.82. The van der Waals surface area contributed by atoms with Crippen molar-refractivity contribution in [2.24, 2.45) is 0 Å². The van der Waals surface area contributed by atoms with Crippen molar-refractivity contribution in [1.82, 2.24) is 29.8 Å². The number of nitrogens with one attached hydrogen (secondary N) is 3. The highest BCUT2D eigenvalue weighted by molar-refractivity contribution is 7.20. The van der Waals surface area contributed by atoms with Crippen LogP contribution in [0.5, 0.6) is 0 Å². The fourth-order valence-electron chi connectivity index (χ4n) is 1.59. The Morgan fingerprint density at radius 1 is 1.56 bits per heavy atom. The quantitative estimate of drug-likeness (QED) is 0.623. The lowest BCUT2D eigenvalue weighted by Crippen LogP contribution is -2.07. The summed E-state index contributed by atoms with van der Waals surface area (Å²) in [5.41, 5.74) is 0.669. The highest BCUT2D eigenvalue weighted by Gasteiger charge is 2.05. The number of rotatable bonds is 4. The molecule has 0 bridgehead atoms. The van der Waals surface area contributed by atoms with Crippen LogP contribution in [0, 0.1) is 6.92 Å². The summed E-state index contributed by atoms with van der Waals surface area (Å²) in [5.74, 6) is 0.629. The number of H-pyrrole nitrogens is 2. The van der Waals surface area contributed by atoms with Crippen LogP contribution in [0.3, 0.4) is 0 Å². The second-order valence-corrected chi connectivity index (χ2v) is 4.77. The van der Waals surface area contributed by atoms with E-state index in [1.165, 1.54) is 11.3 Å². The summed E-state index contributed by atoms with van der Waals surface area (Å²) in [7, 11) is 0. The van der Waals surface area contributed by atoms with Crippen molar-refractivity contribution in [2.75, 3.05) is 11.9 Å². The minimum absolute atomic E-state index is 0.284. The summed E-state index contributed by atoms with van der Waals surface area (Å²) >= 11 is 1.49. The van der Waals surface area contributed by atoms with E-state index in [-0.39, 0.29) is 5.69 Å². The summed E-state index contributed by atoms with van der Waals surface area (Å²) < 4.78 is 1.75. The van der Waals surface area contributed by atoms with Gasteiger partial charge in [0.15, 0.2) is 0 Å². The number of imidazole rings is 1. The number of fused-ring (bicyclic) bond motifs is 1. The van der Waals surface area contributed by atoms with Gasteiger partial charge in [-0.3, -0.25) is 4.98 Å². The molecule has 0 radical (unpaired) electrons. The Morgan fingerprint density at radius 2 is 2.44 bits per heavy atom. The molecule has 0 unspecified atom stereocenters. The molecule has 9 heteroatoms. The van der Waals surface area contributed by atoms with Gasteiger partial charge in [0.2, 0.25) is 10.1 Å². The van der Waals surface area contributed by atoms with E-state index in [2.05, 4.69) is 30.6 Å². The molecule has 8 nitrogen and oxygen atoms in total. The predicted octanol–water partition coefficient (Wildman–Crippen LogP) is 0.165. The van der Waals surface area contributed by atoms with Gasteiger partial charge in [0.05, 0.1) is 11.9 Å². The highest BCUT2D eigenvalue weighted by Crippen LogP contribution is 2.18. The highest BCUT2D eigenvalue weighted by atomic mass is 32.1. The van der Waals surface area contributed by atoms with Gasteiger partial charge in [-0.15, -0.1) is 5.10 Å². The van der Waals surface area contributed by atoms with Crippen LogP contribution in [-0.4, -0.2) is 36.3 Å². The predicted molar refractivity (Wildman–Crippen MR) is 67.0 cm³/mol. The zero-order valence-corrected chi connectivity index (χ0v) is 10.4. The number of anilines is 1. The van der Waals surface area contributed by atoms with Gasteiger partial charge in [0, 0.05) is 13.0 Å².